The van der Waals surface area contributed by atoms with E-state index in [4.69, 9.17) is 0 Å². The zero-order valence-electron chi connectivity index (χ0n) is 12.0. The van der Waals surface area contributed by atoms with Gasteiger partial charge in [-0.1, -0.05) is 0 Å². The number of anilines is 2. The number of nitrogens with zero attached hydrogens (tertiary/aromatic N) is 2. The minimum Gasteiger partial charge on any atom is -0.284 e. The molecular formula is C12H16N4O4S2. The smallest absolute Gasteiger partial charge is 0.281 e. The van der Waals surface area contributed by atoms with Crippen LogP contribution < -0.4 is 9.44 Å². The highest BCUT2D eigenvalue weighted by Gasteiger charge is 2.17. The van der Waals surface area contributed by atoms with Crippen molar-refractivity contribution >= 4 is 31.4 Å². The monoisotopic (exact) mass is 344 g/mol. The average Bonchev–Trinajstić information content (AvgIpc) is 2.88. The SMILES string of the molecule is CCS(=O)(=O)Nc1ccc(NS(=O)(=O)c2ccn(C)n2)cc1. The van der Waals surface area contributed by atoms with Gasteiger partial charge in [-0.15, -0.1) is 0 Å². The first-order chi connectivity index (χ1) is 10.2. The summed E-state index contributed by atoms with van der Waals surface area (Å²) in [5.41, 5.74) is 0.674. The van der Waals surface area contributed by atoms with E-state index in [0.717, 1.165) is 0 Å². The van der Waals surface area contributed by atoms with Crippen molar-refractivity contribution in [3.8, 4) is 0 Å². The van der Waals surface area contributed by atoms with Crippen LogP contribution in [0.1, 0.15) is 6.92 Å². The van der Waals surface area contributed by atoms with E-state index in [1.54, 1.807) is 7.05 Å². The van der Waals surface area contributed by atoms with E-state index < -0.39 is 20.0 Å². The highest BCUT2D eigenvalue weighted by molar-refractivity contribution is 7.92. The van der Waals surface area contributed by atoms with Crippen molar-refractivity contribution in [1.29, 1.82) is 0 Å². The molecule has 0 atom stereocenters. The van der Waals surface area contributed by atoms with Crippen molar-refractivity contribution in [2.75, 3.05) is 15.2 Å². The lowest BCUT2D eigenvalue weighted by Crippen LogP contribution is -2.15. The fourth-order valence-electron chi connectivity index (χ4n) is 1.60. The third kappa shape index (κ3) is 3.98. The zero-order chi connectivity index (χ0) is 16.4. The number of sulfonamides is 2. The summed E-state index contributed by atoms with van der Waals surface area (Å²) < 4.78 is 53.2. The Bertz CT molecular complexity index is 855. The zero-order valence-corrected chi connectivity index (χ0v) is 13.6. The van der Waals surface area contributed by atoms with Gasteiger partial charge in [0.05, 0.1) is 5.75 Å². The molecule has 22 heavy (non-hydrogen) atoms. The van der Waals surface area contributed by atoms with E-state index >= 15 is 0 Å². The molecule has 0 unspecified atom stereocenters. The quantitative estimate of drug-likeness (QED) is 0.812. The summed E-state index contributed by atoms with van der Waals surface area (Å²) in [4.78, 5) is 0. The highest BCUT2D eigenvalue weighted by atomic mass is 32.2. The lowest BCUT2D eigenvalue weighted by molar-refractivity contribution is 0.593. The van der Waals surface area contributed by atoms with Gasteiger partial charge in [0.25, 0.3) is 10.0 Å². The van der Waals surface area contributed by atoms with Crippen molar-refractivity contribution in [2.24, 2.45) is 7.05 Å². The van der Waals surface area contributed by atoms with E-state index in [2.05, 4.69) is 14.5 Å². The number of aryl methyl sites for hydroxylation is 1. The number of hydrogen-bond donors (Lipinski definition) is 2. The van der Waals surface area contributed by atoms with Crippen molar-refractivity contribution in [3.63, 3.8) is 0 Å². The Labute approximate surface area is 129 Å². The third-order valence-electron chi connectivity index (χ3n) is 2.75. The molecule has 1 aromatic heterocycles. The maximum Gasteiger partial charge on any atom is 0.281 e. The fraction of sp³-hybridized carbons (Fsp3) is 0.250. The van der Waals surface area contributed by atoms with Crippen LogP contribution in [0, 0.1) is 0 Å². The van der Waals surface area contributed by atoms with Crippen LogP contribution in [0.15, 0.2) is 41.6 Å². The highest BCUT2D eigenvalue weighted by Crippen LogP contribution is 2.18. The normalized spacial score (nSPS) is 12.1. The summed E-state index contributed by atoms with van der Waals surface area (Å²) in [6, 6.07) is 7.26. The molecule has 0 aliphatic rings. The molecule has 0 fully saturated rings. The van der Waals surface area contributed by atoms with Gasteiger partial charge in [0.15, 0.2) is 5.03 Å². The molecule has 0 aliphatic heterocycles. The molecule has 120 valence electrons. The van der Waals surface area contributed by atoms with Crippen LogP contribution in [-0.4, -0.2) is 32.4 Å². The molecule has 10 heteroatoms. The van der Waals surface area contributed by atoms with Crippen LogP contribution >= 0.6 is 0 Å². The third-order valence-corrected chi connectivity index (χ3v) is 5.33. The van der Waals surface area contributed by atoms with Crippen LogP contribution in [0.2, 0.25) is 0 Å². The van der Waals surface area contributed by atoms with Crippen molar-refractivity contribution < 1.29 is 16.8 Å². The van der Waals surface area contributed by atoms with Gasteiger partial charge < -0.3 is 0 Å². The van der Waals surface area contributed by atoms with E-state index in [0.29, 0.717) is 11.4 Å². The molecule has 8 nitrogen and oxygen atoms in total. The minimum absolute atomic E-state index is 0.0406. The van der Waals surface area contributed by atoms with Gasteiger partial charge >= 0.3 is 0 Å². The van der Waals surface area contributed by atoms with Gasteiger partial charge in [-0.3, -0.25) is 14.1 Å². The lowest BCUT2D eigenvalue weighted by Gasteiger charge is -2.08. The summed E-state index contributed by atoms with van der Waals surface area (Å²) in [5.74, 6) is -0.0406. The maximum absolute atomic E-state index is 12.1. The Kier molecular flexibility index (Phi) is 4.42. The van der Waals surface area contributed by atoms with Crippen LogP contribution in [0.4, 0.5) is 11.4 Å². The molecule has 0 saturated heterocycles. The summed E-state index contributed by atoms with van der Waals surface area (Å²) in [6.45, 7) is 1.53. The second kappa shape index (κ2) is 5.97. The standard InChI is InChI=1S/C12H16N4O4S2/c1-3-21(17,18)14-10-4-6-11(7-5-10)15-22(19,20)12-8-9-16(2)13-12/h4-9,14-15H,3H2,1-2H3. The maximum atomic E-state index is 12.1. The Morgan fingerprint density at radius 2 is 1.55 bits per heavy atom. The van der Waals surface area contributed by atoms with E-state index in [1.807, 2.05) is 0 Å². The van der Waals surface area contributed by atoms with E-state index in [1.165, 1.54) is 48.1 Å². The molecule has 0 aliphatic carbocycles. The second-order valence-corrected chi connectivity index (χ2v) is 8.16. The Balaban J connectivity index is 2.15. The molecule has 0 radical (unpaired) electrons. The van der Waals surface area contributed by atoms with Gasteiger partial charge in [-0.05, 0) is 37.3 Å². The van der Waals surface area contributed by atoms with Gasteiger partial charge in [0, 0.05) is 24.6 Å². The lowest BCUT2D eigenvalue weighted by atomic mass is 10.3. The predicted molar refractivity (Wildman–Crippen MR) is 83.5 cm³/mol. The minimum atomic E-state index is -3.77. The number of nitrogens with one attached hydrogen (secondary N) is 2. The summed E-state index contributed by atoms with van der Waals surface area (Å²) in [6.07, 6.45) is 1.52. The van der Waals surface area contributed by atoms with Gasteiger partial charge in [-0.25, -0.2) is 8.42 Å². The Hall–Kier alpha value is -2.07. The molecule has 2 N–H and O–H groups in total. The topological polar surface area (TPSA) is 110 Å². The molecule has 0 amide bonds. The van der Waals surface area contributed by atoms with Crippen LogP contribution in [0.25, 0.3) is 0 Å². The predicted octanol–water partition coefficient (Wildman–Crippen LogP) is 0.982. The van der Waals surface area contributed by atoms with Crippen molar-refractivity contribution in [1.82, 2.24) is 9.78 Å². The van der Waals surface area contributed by atoms with Crippen LogP contribution in [0.5, 0.6) is 0 Å². The van der Waals surface area contributed by atoms with E-state index in [-0.39, 0.29) is 10.8 Å². The molecular weight excluding hydrogens is 328 g/mol. The molecule has 0 spiro atoms. The van der Waals surface area contributed by atoms with Gasteiger partial charge in [0.1, 0.15) is 0 Å². The largest absolute Gasteiger partial charge is 0.284 e. The fourth-order valence-corrected chi connectivity index (χ4v) is 3.27. The van der Waals surface area contributed by atoms with Crippen molar-refractivity contribution in [3.05, 3.63) is 36.5 Å². The van der Waals surface area contributed by atoms with Crippen LogP contribution in [-0.2, 0) is 27.1 Å². The average molecular weight is 344 g/mol. The Morgan fingerprint density at radius 3 is 2.00 bits per heavy atom. The first-order valence-corrected chi connectivity index (χ1v) is 9.48. The first-order valence-electron chi connectivity index (χ1n) is 6.35. The molecule has 1 aromatic carbocycles. The molecule has 1 heterocycles. The summed E-state index contributed by atoms with van der Waals surface area (Å²) in [5, 5.41) is 3.74. The molecule has 2 aromatic rings. The van der Waals surface area contributed by atoms with Gasteiger partial charge in [-0.2, -0.15) is 13.5 Å². The van der Waals surface area contributed by atoms with E-state index in [9.17, 15) is 16.8 Å². The van der Waals surface area contributed by atoms with Crippen molar-refractivity contribution in [2.45, 2.75) is 11.9 Å². The van der Waals surface area contributed by atoms with Crippen LogP contribution in [0.3, 0.4) is 0 Å². The Morgan fingerprint density at radius 1 is 1.00 bits per heavy atom. The number of aromatic nitrogens is 2. The second-order valence-electron chi connectivity index (χ2n) is 4.52. The number of hydrogen-bond acceptors (Lipinski definition) is 5. The summed E-state index contributed by atoms with van der Waals surface area (Å²) >= 11 is 0. The number of benzene rings is 1. The molecule has 0 saturated carbocycles. The molecule has 0 bridgehead atoms. The first kappa shape index (κ1) is 16.3. The molecule has 2 rings (SSSR count). The van der Waals surface area contributed by atoms with Gasteiger partial charge in [0.2, 0.25) is 10.0 Å². The summed E-state index contributed by atoms with van der Waals surface area (Å²) in [7, 11) is -5.51. The number of rotatable bonds is 6.